The summed E-state index contributed by atoms with van der Waals surface area (Å²) in [6, 6.07) is 20.9. The number of furan rings is 1. The molecule has 0 saturated heterocycles. The third kappa shape index (κ3) is 2.90. The normalized spacial score (nSPS) is 11.4. The van der Waals surface area contributed by atoms with Crippen LogP contribution in [0.25, 0.3) is 44.6 Å². The summed E-state index contributed by atoms with van der Waals surface area (Å²) in [4.78, 5) is 9.53. The first-order valence-electron chi connectivity index (χ1n) is 10.00. The Morgan fingerprint density at radius 2 is 1.55 bits per heavy atom. The standard InChI is InChI=1S/C26H22N2O/c1-4-18-11-13-22(27-15-18)21-10-6-9-19-20-12-14-23(28-26(20)29-25(19)21)24-16(2)7-5-8-17(24)3/h5-15H,4H2,1-3H3. The summed E-state index contributed by atoms with van der Waals surface area (Å²) >= 11 is 0. The maximum absolute atomic E-state index is 6.29. The first kappa shape index (κ1) is 17.6. The number of benzene rings is 2. The van der Waals surface area contributed by atoms with Gasteiger partial charge in [0.15, 0.2) is 0 Å². The van der Waals surface area contributed by atoms with E-state index in [4.69, 9.17) is 9.40 Å². The molecule has 0 bridgehead atoms. The van der Waals surface area contributed by atoms with Gasteiger partial charge < -0.3 is 4.42 Å². The Hall–Kier alpha value is -3.46. The van der Waals surface area contributed by atoms with Gasteiger partial charge in [-0.3, -0.25) is 4.98 Å². The molecule has 3 heterocycles. The maximum atomic E-state index is 6.29. The van der Waals surface area contributed by atoms with Crippen molar-refractivity contribution in [1.82, 2.24) is 9.97 Å². The lowest BCUT2D eigenvalue weighted by Gasteiger charge is -2.08. The smallest absolute Gasteiger partial charge is 0.227 e. The summed E-state index contributed by atoms with van der Waals surface area (Å²) in [5, 5.41) is 2.10. The number of hydrogen-bond acceptors (Lipinski definition) is 3. The van der Waals surface area contributed by atoms with E-state index in [9.17, 15) is 0 Å². The molecule has 0 unspecified atom stereocenters. The van der Waals surface area contributed by atoms with Crippen molar-refractivity contribution in [2.75, 3.05) is 0 Å². The number of hydrogen-bond donors (Lipinski definition) is 0. The average Bonchev–Trinajstić information content (AvgIpc) is 3.12. The predicted molar refractivity (Wildman–Crippen MR) is 119 cm³/mol. The van der Waals surface area contributed by atoms with Crippen LogP contribution in [0.15, 0.2) is 71.3 Å². The van der Waals surface area contributed by atoms with Crippen LogP contribution >= 0.6 is 0 Å². The van der Waals surface area contributed by atoms with E-state index in [0.29, 0.717) is 5.71 Å². The van der Waals surface area contributed by atoms with Crippen LogP contribution in [0.4, 0.5) is 0 Å². The molecular weight excluding hydrogens is 356 g/mol. The molecule has 29 heavy (non-hydrogen) atoms. The highest BCUT2D eigenvalue weighted by molar-refractivity contribution is 6.08. The van der Waals surface area contributed by atoms with Gasteiger partial charge in [-0.05, 0) is 61.2 Å². The fourth-order valence-corrected chi connectivity index (χ4v) is 4.03. The van der Waals surface area contributed by atoms with Gasteiger partial charge in [0, 0.05) is 28.1 Å². The molecule has 0 radical (unpaired) electrons. The van der Waals surface area contributed by atoms with Gasteiger partial charge in [-0.25, -0.2) is 4.98 Å². The molecule has 5 rings (SSSR count). The Morgan fingerprint density at radius 3 is 2.28 bits per heavy atom. The molecule has 0 aliphatic heterocycles. The van der Waals surface area contributed by atoms with Crippen molar-refractivity contribution < 1.29 is 4.42 Å². The summed E-state index contributed by atoms with van der Waals surface area (Å²) in [6.07, 6.45) is 2.92. The minimum absolute atomic E-state index is 0.665. The minimum atomic E-state index is 0.665. The van der Waals surface area contributed by atoms with Crippen molar-refractivity contribution in [3.05, 3.63) is 83.6 Å². The summed E-state index contributed by atoms with van der Waals surface area (Å²) in [6.45, 7) is 6.38. The van der Waals surface area contributed by atoms with E-state index in [2.05, 4.69) is 86.4 Å². The van der Waals surface area contributed by atoms with E-state index in [1.54, 1.807) is 0 Å². The first-order valence-corrected chi connectivity index (χ1v) is 10.00. The molecule has 2 aromatic carbocycles. The lowest BCUT2D eigenvalue weighted by Crippen LogP contribution is -1.90. The van der Waals surface area contributed by atoms with Crippen LogP contribution in [-0.4, -0.2) is 9.97 Å². The first-order chi connectivity index (χ1) is 14.2. The fourth-order valence-electron chi connectivity index (χ4n) is 4.03. The molecule has 0 saturated carbocycles. The number of para-hydroxylation sites is 1. The summed E-state index contributed by atoms with van der Waals surface area (Å²) in [5.41, 5.74) is 9.20. The third-order valence-electron chi connectivity index (χ3n) is 5.61. The van der Waals surface area contributed by atoms with Crippen molar-refractivity contribution in [3.8, 4) is 22.5 Å². The lowest BCUT2D eigenvalue weighted by molar-refractivity contribution is 0.655. The molecule has 3 aromatic heterocycles. The molecule has 142 valence electrons. The predicted octanol–water partition coefficient (Wildman–Crippen LogP) is 6.89. The zero-order valence-electron chi connectivity index (χ0n) is 16.9. The molecule has 0 fully saturated rings. The zero-order valence-corrected chi connectivity index (χ0v) is 16.9. The monoisotopic (exact) mass is 378 g/mol. The molecule has 0 amide bonds. The lowest BCUT2D eigenvalue weighted by atomic mass is 9.99. The molecule has 0 aliphatic carbocycles. The van der Waals surface area contributed by atoms with Crippen LogP contribution in [-0.2, 0) is 6.42 Å². The van der Waals surface area contributed by atoms with E-state index in [1.165, 1.54) is 22.3 Å². The third-order valence-corrected chi connectivity index (χ3v) is 5.61. The molecule has 0 aliphatic rings. The van der Waals surface area contributed by atoms with Gasteiger partial charge in [0.1, 0.15) is 5.58 Å². The highest BCUT2D eigenvalue weighted by atomic mass is 16.3. The van der Waals surface area contributed by atoms with Gasteiger partial charge in [-0.2, -0.15) is 0 Å². The number of rotatable bonds is 3. The highest BCUT2D eigenvalue weighted by Crippen LogP contribution is 2.36. The molecule has 0 N–H and O–H groups in total. The largest absolute Gasteiger partial charge is 0.437 e. The van der Waals surface area contributed by atoms with Crippen molar-refractivity contribution in [2.45, 2.75) is 27.2 Å². The fraction of sp³-hybridized carbons (Fsp3) is 0.154. The summed E-state index contributed by atoms with van der Waals surface area (Å²) in [7, 11) is 0. The molecule has 3 nitrogen and oxygen atoms in total. The van der Waals surface area contributed by atoms with Gasteiger partial charge in [0.2, 0.25) is 5.71 Å². The quantitative estimate of drug-likeness (QED) is 0.343. The maximum Gasteiger partial charge on any atom is 0.227 e. The number of aromatic nitrogens is 2. The Kier molecular flexibility index (Phi) is 4.17. The summed E-state index contributed by atoms with van der Waals surface area (Å²) in [5.74, 6) is 0. The van der Waals surface area contributed by atoms with Crippen LogP contribution in [0, 0.1) is 13.8 Å². The van der Waals surface area contributed by atoms with Crippen LogP contribution in [0.5, 0.6) is 0 Å². The second kappa shape index (κ2) is 6.85. The van der Waals surface area contributed by atoms with Crippen LogP contribution in [0.2, 0.25) is 0 Å². The number of nitrogens with zero attached hydrogens (tertiary/aromatic N) is 2. The molecule has 5 aromatic rings. The second-order valence-corrected chi connectivity index (χ2v) is 7.51. The van der Waals surface area contributed by atoms with Crippen molar-refractivity contribution in [3.63, 3.8) is 0 Å². The Labute approximate surface area is 170 Å². The second-order valence-electron chi connectivity index (χ2n) is 7.51. The number of pyridine rings is 2. The molecule has 0 spiro atoms. The van der Waals surface area contributed by atoms with Crippen LogP contribution < -0.4 is 0 Å². The Balaban J connectivity index is 1.71. The Bertz CT molecular complexity index is 1330. The van der Waals surface area contributed by atoms with E-state index in [-0.39, 0.29) is 0 Å². The SMILES string of the molecule is CCc1ccc(-c2cccc3c2oc2nc(-c4c(C)cccc4C)ccc23)nc1. The van der Waals surface area contributed by atoms with Crippen molar-refractivity contribution >= 4 is 22.1 Å². The molecule has 3 heteroatoms. The topological polar surface area (TPSA) is 38.9 Å². The number of aryl methyl sites for hydroxylation is 3. The minimum Gasteiger partial charge on any atom is -0.437 e. The summed E-state index contributed by atoms with van der Waals surface area (Å²) < 4.78 is 6.29. The van der Waals surface area contributed by atoms with Gasteiger partial charge >= 0.3 is 0 Å². The van der Waals surface area contributed by atoms with E-state index in [0.717, 1.165) is 39.7 Å². The molecule has 0 atom stereocenters. The van der Waals surface area contributed by atoms with Gasteiger partial charge in [0.25, 0.3) is 0 Å². The zero-order chi connectivity index (χ0) is 20.0. The number of fused-ring (bicyclic) bond motifs is 3. The van der Waals surface area contributed by atoms with Gasteiger partial charge in [-0.15, -0.1) is 0 Å². The average molecular weight is 378 g/mol. The highest BCUT2D eigenvalue weighted by Gasteiger charge is 2.15. The van der Waals surface area contributed by atoms with E-state index < -0.39 is 0 Å². The van der Waals surface area contributed by atoms with Crippen molar-refractivity contribution in [2.24, 2.45) is 0 Å². The van der Waals surface area contributed by atoms with Crippen LogP contribution in [0.3, 0.4) is 0 Å². The van der Waals surface area contributed by atoms with E-state index in [1.807, 2.05) is 6.20 Å². The van der Waals surface area contributed by atoms with E-state index >= 15 is 0 Å². The van der Waals surface area contributed by atoms with Gasteiger partial charge in [0.05, 0.1) is 11.4 Å². The van der Waals surface area contributed by atoms with Gasteiger partial charge in [-0.1, -0.05) is 43.3 Å². The van der Waals surface area contributed by atoms with Crippen LogP contribution in [0.1, 0.15) is 23.6 Å². The molecular formula is C26H22N2O. The Morgan fingerprint density at radius 1 is 0.793 bits per heavy atom. The van der Waals surface area contributed by atoms with Crippen molar-refractivity contribution in [1.29, 1.82) is 0 Å².